The summed E-state index contributed by atoms with van der Waals surface area (Å²) in [5.41, 5.74) is 1.09. The second-order valence-electron chi connectivity index (χ2n) is 4.48. The van der Waals surface area contributed by atoms with Crippen LogP contribution in [0.25, 0.3) is 10.6 Å². The lowest BCUT2D eigenvalue weighted by atomic mass is 10.2. The van der Waals surface area contributed by atoms with Crippen molar-refractivity contribution in [2.24, 2.45) is 0 Å². The van der Waals surface area contributed by atoms with E-state index in [0.29, 0.717) is 6.04 Å². The Bertz CT molecular complexity index is 555. The van der Waals surface area contributed by atoms with Crippen LogP contribution in [0.5, 0.6) is 0 Å². The number of nitrogens with one attached hydrogen (secondary N) is 1. The minimum absolute atomic E-state index is 0.507. The topological polar surface area (TPSA) is 37.8 Å². The van der Waals surface area contributed by atoms with Crippen molar-refractivity contribution in [1.82, 2.24) is 15.5 Å². The highest BCUT2D eigenvalue weighted by Crippen LogP contribution is 2.32. The standard InChI is InChI=1S/C13H15Br2N3S/c1-8(2)16-6-5-12-17-18-13(19-12)10-4-3-9(14)7-11(10)15/h3-4,7-8,16H,5-6H2,1-2H3. The van der Waals surface area contributed by atoms with Crippen LogP contribution in [0, 0.1) is 0 Å². The molecule has 2 rings (SSSR count). The Kier molecular flexibility index (Phi) is 5.50. The monoisotopic (exact) mass is 403 g/mol. The van der Waals surface area contributed by atoms with Crippen molar-refractivity contribution in [3.05, 3.63) is 32.2 Å². The van der Waals surface area contributed by atoms with Crippen molar-refractivity contribution >= 4 is 43.2 Å². The van der Waals surface area contributed by atoms with Crippen molar-refractivity contribution in [2.75, 3.05) is 6.54 Å². The molecule has 0 radical (unpaired) electrons. The van der Waals surface area contributed by atoms with Crippen LogP contribution < -0.4 is 5.32 Å². The van der Waals surface area contributed by atoms with E-state index in [9.17, 15) is 0 Å². The van der Waals surface area contributed by atoms with E-state index in [2.05, 4.69) is 61.2 Å². The van der Waals surface area contributed by atoms with E-state index in [4.69, 9.17) is 0 Å². The summed E-state index contributed by atoms with van der Waals surface area (Å²) in [7, 11) is 0. The number of benzene rings is 1. The van der Waals surface area contributed by atoms with Crippen LogP contribution in [0.4, 0.5) is 0 Å². The lowest BCUT2D eigenvalue weighted by Crippen LogP contribution is -2.24. The Morgan fingerprint density at radius 1 is 1.26 bits per heavy atom. The third-order valence-electron chi connectivity index (χ3n) is 2.52. The van der Waals surface area contributed by atoms with Gasteiger partial charge in [0.25, 0.3) is 0 Å². The molecule has 0 unspecified atom stereocenters. The van der Waals surface area contributed by atoms with Crippen LogP contribution in [0.3, 0.4) is 0 Å². The minimum atomic E-state index is 0.507. The summed E-state index contributed by atoms with van der Waals surface area (Å²) in [6, 6.07) is 6.59. The molecule has 0 fully saturated rings. The van der Waals surface area contributed by atoms with Gasteiger partial charge in [0.05, 0.1) is 0 Å². The summed E-state index contributed by atoms with van der Waals surface area (Å²) < 4.78 is 2.08. The van der Waals surface area contributed by atoms with Gasteiger partial charge >= 0.3 is 0 Å². The highest BCUT2D eigenvalue weighted by atomic mass is 79.9. The Labute approximate surface area is 134 Å². The molecule has 6 heteroatoms. The van der Waals surface area contributed by atoms with Crippen molar-refractivity contribution in [3.8, 4) is 10.6 Å². The van der Waals surface area contributed by atoms with Crippen molar-refractivity contribution in [3.63, 3.8) is 0 Å². The summed E-state index contributed by atoms with van der Waals surface area (Å²) >= 11 is 8.66. The first-order chi connectivity index (χ1) is 9.06. The summed E-state index contributed by atoms with van der Waals surface area (Å²) in [5.74, 6) is 0. The van der Waals surface area contributed by atoms with Crippen LogP contribution in [-0.4, -0.2) is 22.8 Å². The summed E-state index contributed by atoms with van der Waals surface area (Å²) in [6.07, 6.45) is 0.921. The van der Waals surface area contributed by atoms with Gasteiger partial charge in [-0.05, 0) is 18.2 Å². The predicted molar refractivity (Wildman–Crippen MR) is 87.6 cm³/mol. The highest BCUT2D eigenvalue weighted by Gasteiger charge is 2.10. The number of rotatable bonds is 5. The maximum atomic E-state index is 4.27. The first kappa shape index (κ1) is 15.1. The molecule has 0 atom stereocenters. The molecule has 3 nitrogen and oxygen atoms in total. The summed E-state index contributed by atoms with van der Waals surface area (Å²) in [5, 5.41) is 13.9. The SMILES string of the molecule is CC(C)NCCc1nnc(-c2ccc(Br)cc2Br)s1. The van der Waals surface area contributed by atoms with Gasteiger partial charge in [-0.25, -0.2) is 0 Å². The first-order valence-electron chi connectivity index (χ1n) is 6.07. The second kappa shape index (κ2) is 6.92. The van der Waals surface area contributed by atoms with E-state index in [1.165, 1.54) is 0 Å². The largest absolute Gasteiger partial charge is 0.314 e. The fraction of sp³-hybridized carbons (Fsp3) is 0.385. The summed E-state index contributed by atoms with van der Waals surface area (Å²) in [4.78, 5) is 0. The van der Waals surface area contributed by atoms with Gasteiger partial charge in [-0.15, -0.1) is 10.2 Å². The molecule has 1 aromatic carbocycles. The molecule has 0 bridgehead atoms. The second-order valence-corrected chi connectivity index (χ2v) is 7.32. The molecule has 1 N–H and O–H groups in total. The predicted octanol–water partition coefficient (Wildman–Crippen LogP) is 4.27. The smallest absolute Gasteiger partial charge is 0.148 e. The van der Waals surface area contributed by atoms with E-state index in [0.717, 1.165) is 37.5 Å². The zero-order valence-electron chi connectivity index (χ0n) is 10.8. The molecule has 0 spiro atoms. The van der Waals surface area contributed by atoms with Crippen molar-refractivity contribution in [1.29, 1.82) is 0 Å². The normalized spacial score (nSPS) is 11.2. The molecule has 0 aliphatic heterocycles. The van der Waals surface area contributed by atoms with Gasteiger partial charge in [-0.2, -0.15) is 0 Å². The average Bonchev–Trinajstić information content (AvgIpc) is 2.77. The van der Waals surface area contributed by atoms with Gasteiger partial charge in [0.1, 0.15) is 10.0 Å². The molecule has 1 aromatic heterocycles. The van der Waals surface area contributed by atoms with Gasteiger partial charge in [0.2, 0.25) is 0 Å². The molecule has 0 saturated heterocycles. The van der Waals surface area contributed by atoms with Crippen LogP contribution in [0.2, 0.25) is 0 Å². The van der Waals surface area contributed by atoms with Crippen LogP contribution >= 0.6 is 43.2 Å². The van der Waals surface area contributed by atoms with Crippen LogP contribution in [0.15, 0.2) is 27.1 Å². The molecule has 2 aromatic rings. The minimum Gasteiger partial charge on any atom is -0.314 e. The molecular weight excluding hydrogens is 390 g/mol. The molecule has 19 heavy (non-hydrogen) atoms. The molecule has 0 amide bonds. The van der Waals surface area contributed by atoms with Gasteiger partial charge in [0, 0.05) is 33.5 Å². The van der Waals surface area contributed by atoms with Gasteiger partial charge in [-0.1, -0.05) is 57.0 Å². The van der Waals surface area contributed by atoms with Gasteiger partial charge in [-0.3, -0.25) is 0 Å². The van der Waals surface area contributed by atoms with E-state index < -0.39 is 0 Å². The number of aromatic nitrogens is 2. The molecule has 0 aliphatic rings. The maximum absolute atomic E-state index is 4.27. The number of halogens is 2. The zero-order valence-corrected chi connectivity index (χ0v) is 14.8. The van der Waals surface area contributed by atoms with Crippen molar-refractivity contribution < 1.29 is 0 Å². The lowest BCUT2D eigenvalue weighted by Gasteiger charge is -2.05. The summed E-state index contributed by atoms with van der Waals surface area (Å²) in [6.45, 7) is 5.22. The lowest BCUT2D eigenvalue weighted by molar-refractivity contribution is 0.588. The Balaban J connectivity index is 2.08. The van der Waals surface area contributed by atoms with Gasteiger partial charge in [0.15, 0.2) is 0 Å². The fourth-order valence-corrected chi connectivity index (χ4v) is 3.84. The fourth-order valence-electron chi connectivity index (χ4n) is 1.59. The molecule has 102 valence electrons. The Morgan fingerprint density at radius 2 is 2.05 bits per heavy atom. The first-order valence-corrected chi connectivity index (χ1v) is 8.47. The van der Waals surface area contributed by atoms with Crippen LogP contribution in [-0.2, 0) is 6.42 Å². The number of nitrogens with zero attached hydrogens (tertiary/aromatic N) is 2. The Morgan fingerprint density at radius 3 is 2.74 bits per heavy atom. The van der Waals surface area contributed by atoms with Crippen LogP contribution in [0.1, 0.15) is 18.9 Å². The van der Waals surface area contributed by atoms with Gasteiger partial charge < -0.3 is 5.32 Å². The van der Waals surface area contributed by atoms with E-state index in [1.54, 1.807) is 11.3 Å². The maximum Gasteiger partial charge on any atom is 0.148 e. The third-order valence-corrected chi connectivity index (χ3v) is 4.69. The van der Waals surface area contributed by atoms with E-state index in [-0.39, 0.29) is 0 Å². The Hall–Kier alpha value is -0.300. The number of hydrogen-bond acceptors (Lipinski definition) is 4. The molecule has 1 heterocycles. The molecular formula is C13H15Br2N3S. The quantitative estimate of drug-likeness (QED) is 0.808. The molecule has 0 aliphatic carbocycles. The third kappa shape index (κ3) is 4.34. The van der Waals surface area contributed by atoms with E-state index >= 15 is 0 Å². The van der Waals surface area contributed by atoms with Crippen molar-refractivity contribution in [2.45, 2.75) is 26.3 Å². The number of hydrogen-bond donors (Lipinski definition) is 1. The zero-order chi connectivity index (χ0) is 13.8. The average molecular weight is 405 g/mol. The van der Waals surface area contributed by atoms with E-state index in [1.807, 2.05) is 18.2 Å². The highest BCUT2D eigenvalue weighted by molar-refractivity contribution is 9.11. The molecule has 0 saturated carbocycles.